The van der Waals surface area contributed by atoms with Crippen LogP contribution in [0, 0.1) is 0 Å². The van der Waals surface area contributed by atoms with Gasteiger partial charge in [-0.15, -0.1) is 0 Å². The Morgan fingerprint density at radius 1 is 1.06 bits per heavy atom. The largest absolute Gasteiger partial charge is 0.352 e. The van der Waals surface area contributed by atoms with Crippen LogP contribution in [0.4, 0.5) is 0 Å². The molecule has 2 amide bonds. The molecule has 2 aromatic carbocycles. The summed E-state index contributed by atoms with van der Waals surface area (Å²) in [5.74, 6) is 1.48. The van der Waals surface area contributed by atoms with Gasteiger partial charge in [0.1, 0.15) is 6.04 Å². The first kappa shape index (κ1) is 25.9. The van der Waals surface area contributed by atoms with Crippen molar-refractivity contribution in [3.63, 3.8) is 0 Å². The number of hydrogen-bond donors (Lipinski definition) is 1. The Balaban J connectivity index is 1.67. The Morgan fingerprint density at radius 3 is 2.45 bits per heavy atom. The molecular weight excluding hydrogens is 475 g/mol. The van der Waals surface area contributed by atoms with Crippen molar-refractivity contribution in [2.75, 3.05) is 5.75 Å². The Labute approximate surface area is 211 Å². The molecule has 4 nitrogen and oxygen atoms in total. The van der Waals surface area contributed by atoms with E-state index in [4.69, 9.17) is 23.2 Å². The molecule has 1 aliphatic rings. The molecular formula is C26H32Cl2N2O2S. The van der Waals surface area contributed by atoms with Gasteiger partial charge in [-0.1, -0.05) is 79.4 Å². The van der Waals surface area contributed by atoms with Crippen LogP contribution in [0.1, 0.15) is 56.6 Å². The summed E-state index contributed by atoms with van der Waals surface area (Å²) >= 11 is 14.0. The zero-order valence-corrected chi connectivity index (χ0v) is 21.4. The van der Waals surface area contributed by atoms with Crippen LogP contribution in [0.2, 0.25) is 10.0 Å². The van der Waals surface area contributed by atoms with Crippen molar-refractivity contribution in [1.82, 2.24) is 10.2 Å². The number of nitrogens with zero attached hydrogens (tertiary/aromatic N) is 1. The lowest BCUT2D eigenvalue weighted by Gasteiger charge is -2.31. The van der Waals surface area contributed by atoms with Gasteiger partial charge in [-0.25, -0.2) is 0 Å². The maximum Gasteiger partial charge on any atom is 0.243 e. The van der Waals surface area contributed by atoms with Gasteiger partial charge in [0.25, 0.3) is 0 Å². The highest BCUT2D eigenvalue weighted by Gasteiger charge is 2.30. The number of thioether (sulfide) groups is 1. The Kier molecular flexibility index (Phi) is 10.4. The summed E-state index contributed by atoms with van der Waals surface area (Å²) in [6.07, 6.45) is 5.26. The smallest absolute Gasteiger partial charge is 0.243 e. The van der Waals surface area contributed by atoms with Crippen molar-refractivity contribution >= 4 is 46.8 Å². The predicted octanol–water partition coefficient (Wildman–Crippen LogP) is 6.48. The third-order valence-electron chi connectivity index (χ3n) is 6.00. The number of carbonyl (C=O) groups excluding carboxylic acids is 2. The molecule has 0 unspecified atom stereocenters. The first-order chi connectivity index (χ1) is 16.0. The van der Waals surface area contributed by atoms with Gasteiger partial charge in [0.2, 0.25) is 11.8 Å². The molecule has 7 heteroatoms. The topological polar surface area (TPSA) is 49.4 Å². The van der Waals surface area contributed by atoms with Gasteiger partial charge in [0.05, 0.1) is 10.0 Å². The van der Waals surface area contributed by atoms with Crippen LogP contribution in [-0.2, 0) is 21.9 Å². The number of benzene rings is 2. The average Bonchev–Trinajstić information content (AvgIpc) is 3.32. The van der Waals surface area contributed by atoms with E-state index in [1.807, 2.05) is 31.2 Å². The lowest BCUT2D eigenvalue weighted by Crippen LogP contribution is -2.51. The lowest BCUT2D eigenvalue weighted by atomic mass is 10.1. The zero-order valence-electron chi connectivity index (χ0n) is 19.1. The quantitative estimate of drug-likeness (QED) is 0.354. The first-order valence-electron chi connectivity index (χ1n) is 11.6. The third-order valence-corrected chi connectivity index (χ3v) is 7.77. The molecule has 0 heterocycles. The molecule has 33 heavy (non-hydrogen) atoms. The SMILES string of the molecule is CC[C@@H](C(=O)NC1CCCC1)N(Cc1ccc(Cl)c(Cl)c1)C(=O)CCSCc1ccccc1. The van der Waals surface area contributed by atoms with E-state index >= 15 is 0 Å². The minimum absolute atomic E-state index is 0.0185. The van der Waals surface area contributed by atoms with Crippen LogP contribution in [0.25, 0.3) is 0 Å². The van der Waals surface area contributed by atoms with Crippen molar-refractivity contribution in [2.24, 2.45) is 0 Å². The van der Waals surface area contributed by atoms with Crippen LogP contribution >= 0.6 is 35.0 Å². The minimum atomic E-state index is -0.508. The van der Waals surface area contributed by atoms with Gasteiger partial charge in [0.15, 0.2) is 0 Å². The van der Waals surface area contributed by atoms with Crippen molar-refractivity contribution in [2.45, 2.75) is 69.8 Å². The van der Waals surface area contributed by atoms with E-state index in [1.165, 1.54) is 5.56 Å². The molecule has 1 saturated carbocycles. The molecule has 0 saturated heterocycles. The van der Waals surface area contributed by atoms with Crippen molar-refractivity contribution in [3.05, 3.63) is 69.7 Å². The summed E-state index contributed by atoms with van der Waals surface area (Å²) in [6, 6.07) is 15.3. The second-order valence-corrected chi connectivity index (χ2v) is 10.4. The van der Waals surface area contributed by atoms with Gasteiger partial charge < -0.3 is 10.2 Å². The summed E-state index contributed by atoms with van der Waals surface area (Å²) < 4.78 is 0. The van der Waals surface area contributed by atoms with Crippen LogP contribution < -0.4 is 5.32 Å². The molecule has 1 aliphatic carbocycles. The van der Waals surface area contributed by atoms with E-state index in [1.54, 1.807) is 28.8 Å². The number of nitrogens with one attached hydrogen (secondary N) is 1. The first-order valence-corrected chi connectivity index (χ1v) is 13.5. The fourth-order valence-corrected chi connectivity index (χ4v) is 5.40. The molecule has 3 rings (SSSR count). The Hall–Kier alpha value is -1.69. The molecule has 0 radical (unpaired) electrons. The molecule has 1 atom stereocenters. The maximum atomic E-state index is 13.3. The van der Waals surface area contributed by atoms with Crippen LogP contribution in [0.5, 0.6) is 0 Å². The van der Waals surface area contributed by atoms with Crippen molar-refractivity contribution in [1.29, 1.82) is 0 Å². The summed E-state index contributed by atoms with van der Waals surface area (Å²) in [5, 5.41) is 4.10. The number of amides is 2. The fraction of sp³-hybridized carbons (Fsp3) is 0.462. The summed E-state index contributed by atoms with van der Waals surface area (Å²) in [7, 11) is 0. The molecule has 1 N–H and O–H groups in total. The molecule has 0 bridgehead atoms. The molecule has 0 aromatic heterocycles. The van der Waals surface area contributed by atoms with Crippen molar-refractivity contribution < 1.29 is 9.59 Å². The molecule has 2 aromatic rings. The fourth-order valence-electron chi connectivity index (χ4n) is 4.19. The second kappa shape index (κ2) is 13.3. The highest BCUT2D eigenvalue weighted by molar-refractivity contribution is 7.98. The Bertz CT molecular complexity index is 920. The third kappa shape index (κ3) is 7.94. The molecule has 0 spiro atoms. The predicted molar refractivity (Wildman–Crippen MR) is 139 cm³/mol. The summed E-state index contributed by atoms with van der Waals surface area (Å²) in [4.78, 5) is 28.2. The van der Waals surface area contributed by atoms with Gasteiger partial charge in [-0.3, -0.25) is 9.59 Å². The van der Waals surface area contributed by atoms with Gasteiger partial charge in [0, 0.05) is 30.5 Å². The van der Waals surface area contributed by atoms with Crippen LogP contribution in [0.15, 0.2) is 48.5 Å². The summed E-state index contributed by atoms with van der Waals surface area (Å²) in [5.41, 5.74) is 2.10. The zero-order chi connectivity index (χ0) is 23.6. The normalized spacial score (nSPS) is 14.8. The molecule has 1 fully saturated rings. The van der Waals surface area contributed by atoms with Gasteiger partial charge in [-0.2, -0.15) is 11.8 Å². The minimum Gasteiger partial charge on any atom is -0.352 e. The molecule has 0 aliphatic heterocycles. The lowest BCUT2D eigenvalue weighted by molar-refractivity contribution is -0.141. The average molecular weight is 508 g/mol. The van der Waals surface area contributed by atoms with Crippen molar-refractivity contribution in [3.8, 4) is 0 Å². The van der Waals surface area contributed by atoms with E-state index < -0.39 is 6.04 Å². The standard InChI is InChI=1S/C26H32Cl2N2O2S/c1-2-24(26(32)29-21-10-6-7-11-21)30(17-20-12-13-22(27)23(28)16-20)25(31)14-15-33-18-19-8-4-3-5-9-19/h3-5,8-9,12-13,16,21,24H,2,6-7,10-11,14-15,17-18H2,1H3,(H,29,32)/t24-/m0/s1. The van der Waals surface area contributed by atoms with Gasteiger partial charge in [-0.05, 0) is 42.5 Å². The van der Waals surface area contributed by atoms with Crippen LogP contribution in [-0.4, -0.2) is 34.6 Å². The number of rotatable bonds is 11. The summed E-state index contributed by atoms with van der Waals surface area (Å²) in [6.45, 7) is 2.29. The Morgan fingerprint density at radius 2 is 1.79 bits per heavy atom. The van der Waals surface area contributed by atoms with Crippen LogP contribution in [0.3, 0.4) is 0 Å². The number of hydrogen-bond acceptors (Lipinski definition) is 3. The monoisotopic (exact) mass is 506 g/mol. The number of carbonyl (C=O) groups is 2. The highest BCUT2D eigenvalue weighted by Crippen LogP contribution is 2.25. The second-order valence-electron chi connectivity index (χ2n) is 8.47. The van der Waals surface area contributed by atoms with Gasteiger partial charge >= 0.3 is 0 Å². The van der Waals surface area contributed by atoms with E-state index in [2.05, 4.69) is 17.4 Å². The highest BCUT2D eigenvalue weighted by atomic mass is 35.5. The maximum absolute atomic E-state index is 13.3. The van der Waals surface area contributed by atoms with E-state index in [-0.39, 0.29) is 17.9 Å². The number of halogens is 2. The van der Waals surface area contributed by atoms with E-state index in [9.17, 15) is 9.59 Å². The van der Waals surface area contributed by atoms with E-state index in [0.29, 0.717) is 35.2 Å². The molecule has 178 valence electrons. The van der Waals surface area contributed by atoms with E-state index in [0.717, 1.165) is 37.0 Å².